The number of ether oxygens (including phenoxy) is 1. The van der Waals surface area contributed by atoms with Crippen LogP contribution in [0, 0.1) is 0 Å². The van der Waals surface area contributed by atoms with Gasteiger partial charge in [0, 0.05) is 23.3 Å². The number of rotatable bonds is 4. The number of amides is 1. The summed E-state index contributed by atoms with van der Waals surface area (Å²) in [7, 11) is 0. The second kappa shape index (κ2) is 7.80. The molecule has 21 heavy (non-hydrogen) atoms. The minimum Gasteiger partial charge on any atom is -0.372 e. The van der Waals surface area contributed by atoms with Crippen molar-refractivity contribution in [3.63, 3.8) is 0 Å². The van der Waals surface area contributed by atoms with Crippen LogP contribution in [-0.4, -0.2) is 34.9 Å². The smallest absolute Gasteiger partial charge is 0.372 e. The van der Waals surface area contributed by atoms with Crippen LogP contribution in [0.15, 0.2) is 24.3 Å². The Kier molecular flexibility index (Phi) is 6.68. The van der Waals surface area contributed by atoms with Crippen molar-refractivity contribution >= 4 is 39.6 Å². The molecule has 0 spiro atoms. The number of esters is 1. The summed E-state index contributed by atoms with van der Waals surface area (Å²) in [6.45, 7) is 5.89. The Hall–Kier alpha value is -1.07. The van der Waals surface area contributed by atoms with Gasteiger partial charge in [-0.15, -0.1) is 11.6 Å². The molecule has 0 atom stereocenters. The van der Waals surface area contributed by atoms with Crippen LogP contribution in [0.5, 0.6) is 0 Å². The van der Waals surface area contributed by atoms with Gasteiger partial charge in [-0.3, -0.25) is 0 Å². The van der Waals surface area contributed by atoms with E-state index in [-0.39, 0.29) is 5.88 Å². The second-order valence-electron chi connectivity index (χ2n) is 5.50. The number of benzene rings is 1. The van der Waals surface area contributed by atoms with E-state index in [1.54, 1.807) is 24.3 Å². The van der Waals surface area contributed by atoms with E-state index in [9.17, 15) is 9.59 Å². The quantitative estimate of drug-likeness (QED) is 0.449. The first-order valence-corrected chi connectivity index (χ1v) is 8.20. The molecule has 0 aromatic heterocycles. The molecule has 0 saturated carbocycles. The average molecular weight is 377 g/mol. The fourth-order valence-corrected chi connectivity index (χ4v) is 2.25. The molecule has 0 radical (unpaired) electrons. The molecule has 0 fully saturated rings. The Morgan fingerprint density at radius 1 is 1.24 bits per heavy atom. The van der Waals surface area contributed by atoms with E-state index < -0.39 is 17.6 Å². The highest BCUT2D eigenvalue weighted by atomic mass is 79.9. The van der Waals surface area contributed by atoms with E-state index in [4.69, 9.17) is 16.3 Å². The van der Waals surface area contributed by atoms with Crippen LogP contribution in [0.2, 0.25) is 0 Å². The second-order valence-corrected chi connectivity index (χ2v) is 6.44. The molecule has 6 heteroatoms. The number of carbonyl (C=O) groups is 2. The lowest BCUT2D eigenvalue weighted by Crippen LogP contribution is -2.47. The molecule has 1 aromatic carbocycles. The summed E-state index contributed by atoms with van der Waals surface area (Å²) in [6.07, 6.45) is -0.683. The maximum absolute atomic E-state index is 12.1. The summed E-state index contributed by atoms with van der Waals surface area (Å²) in [5.41, 5.74) is 0.913. The molecule has 0 aliphatic carbocycles. The molecule has 0 bridgehead atoms. The number of halogens is 2. The molecule has 1 amide bonds. The van der Waals surface area contributed by atoms with Crippen molar-refractivity contribution < 1.29 is 14.3 Å². The van der Waals surface area contributed by atoms with Gasteiger partial charge in [-0.2, -0.15) is 0 Å². The minimum atomic E-state index is -0.683. The van der Waals surface area contributed by atoms with Crippen LogP contribution < -0.4 is 0 Å². The third-order valence-electron chi connectivity index (χ3n) is 2.86. The van der Waals surface area contributed by atoms with Gasteiger partial charge in [-0.05, 0) is 38.5 Å². The van der Waals surface area contributed by atoms with E-state index >= 15 is 0 Å². The standard InChI is InChI=1S/C15H19BrClNO3/c1-15(2,3)18(9-8-17)14(20)21-13(19)12-6-4-11(10-16)5-7-12/h4-7H,8-10H2,1-3H3. The van der Waals surface area contributed by atoms with E-state index in [2.05, 4.69) is 15.9 Å². The van der Waals surface area contributed by atoms with Gasteiger partial charge < -0.3 is 9.64 Å². The van der Waals surface area contributed by atoms with Crippen molar-refractivity contribution in [2.24, 2.45) is 0 Å². The first kappa shape index (κ1) is 18.0. The van der Waals surface area contributed by atoms with Gasteiger partial charge >= 0.3 is 12.1 Å². The average Bonchev–Trinajstić information content (AvgIpc) is 2.43. The van der Waals surface area contributed by atoms with Gasteiger partial charge in [0.05, 0.1) is 5.56 Å². The zero-order valence-electron chi connectivity index (χ0n) is 12.4. The van der Waals surface area contributed by atoms with Gasteiger partial charge in [-0.25, -0.2) is 9.59 Å². The Labute approximate surface area is 138 Å². The van der Waals surface area contributed by atoms with Crippen molar-refractivity contribution in [2.45, 2.75) is 31.6 Å². The Bertz CT molecular complexity index is 497. The highest BCUT2D eigenvalue weighted by Crippen LogP contribution is 2.16. The first-order chi connectivity index (χ1) is 9.79. The topological polar surface area (TPSA) is 46.6 Å². The van der Waals surface area contributed by atoms with Crippen molar-refractivity contribution in [3.05, 3.63) is 35.4 Å². The van der Waals surface area contributed by atoms with Crippen LogP contribution >= 0.6 is 27.5 Å². The SMILES string of the molecule is CC(C)(C)N(CCCl)C(=O)OC(=O)c1ccc(CBr)cc1. The van der Waals surface area contributed by atoms with Crippen molar-refractivity contribution in [1.82, 2.24) is 4.90 Å². The number of carbonyl (C=O) groups excluding carboxylic acids is 2. The lowest BCUT2D eigenvalue weighted by molar-refractivity contribution is 0.0460. The highest BCUT2D eigenvalue weighted by Gasteiger charge is 2.29. The third-order valence-corrected chi connectivity index (χ3v) is 3.68. The third kappa shape index (κ3) is 5.32. The van der Waals surface area contributed by atoms with Crippen LogP contribution in [0.3, 0.4) is 0 Å². The summed E-state index contributed by atoms with van der Waals surface area (Å²) in [4.78, 5) is 25.5. The van der Waals surface area contributed by atoms with Crippen LogP contribution in [0.4, 0.5) is 4.79 Å². The first-order valence-electron chi connectivity index (χ1n) is 6.54. The zero-order chi connectivity index (χ0) is 16.0. The summed E-state index contributed by atoms with van der Waals surface area (Å²) in [5, 5.41) is 0.703. The molecule has 0 aliphatic heterocycles. The normalized spacial score (nSPS) is 11.1. The van der Waals surface area contributed by atoms with Crippen LogP contribution in [-0.2, 0) is 10.1 Å². The van der Waals surface area contributed by atoms with Gasteiger partial charge in [0.15, 0.2) is 0 Å². The summed E-state index contributed by atoms with van der Waals surface area (Å²) in [6, 6.07) is 6.87. The van der Waals surface area contributed by atoms with Crippen LogP contribution in [0.25, 0.3) is 0 Å². The predicted octanol–water partition coefficient (Wildman–Crippen LogP) is 4.20. The van der Waals surface area contributed by atoms with Gasteiger partial charge in [0.25, 0.3) is 0 Å². The van der Waals surface area contributed by atoms with Crippen molar-refractivity contribution in [3.8, 4) is 0 Å². The van der Waals surface area contributed by atoms with Crippen molar-refractivity contribution in [1.29, 1.82) is 0 Å². The molecule has 1 aromatic rings. The van der Waals surface area contributed by atoms with E-state index in [1.807, 2.05) is 20.8 Å². The van der Waals surface area contributed by atoms with E-state index in [0.717, 1.165) is 5.56 Å². The minimum absolute atomic E-state index is 0.278. The molecular formula is C15H19BrClNO3. The number of nitrogens with zero attached hydrogens (tertiary/aromatic N) is 1. The molecule has 4 nitrogen and oxygen atoms in total. The Balaban J connectivity index is 2.77. The lowest BCUT2D eigenvalue weighted by atomic mass is 10.1. The van der Waals surface area contributed by atoms with Gasteiger partial charge in [0.1, 0.15) is 0 Å². The molecule has 0 heterocycles. The lowest BCUT2D eigenvalue weighted by Gasteiger charge is -2.33. The van der Waals surface area contributed by atoms with E-state index in [0.29, 0.717) is 17.4 Å². The molecule has 1 rings (SSSR count). The zero-order valence-corrected chi connectivity index (χ0v) is 14.7. The van der Waals surface area contributed by atoms with Gasteiger partial charge in [-0.1, -0.05) is 28.1 Å². The predicted molar refractivity (Wildman–Crippen MR) is 87.1 cm³/mol. The monoisotopic (exact) mass is 375 g/mol. The maximum Gasteiger partial charge on any atom is 0.418 e. The molecule has 0 unspecified atom stereocenters. The Morgan fingerprint density at radius 3 is 2.24 bits per heavy atom. The summed E-state index contributed by atoms with van der Waals surface area (Å²) in [5.74, 6) is -0.384. The molecule has 0 N–H and O–H groups in total. The van der Waals surface area contributed by atoms with E-state index in [1.165, 1.54) is 4.90 Å². The van der Waals surface area contributed by atoms with Gasteiger partial charge in [0.2, 0.25) is 0 Å². The largest absolute Gasteiger partial charge is 0.418 e. The maximum atomic E-state index is 12.1. The molecule has 0 aliphatic rings. The summed E-state index contributed by atoms with van der Waals surface area (Å²) >= 11 is 9.02. The fourth-order valence-electron chi connectivity index (χ4n) is 1.71. The number of alkyl halides is 2. The highest BCUT2D eigenvalue weighted by molar-refractivity contribution is 9.08. The molecular weight excluding hydrogens is 358 g/mol. The number of hydrogen-bond donors (Lipinski definition) is 0. The summed E-state index contributed by atoms with van der Waals surface area (Å²) < 4.78 is 4.93. The molecule has 116 valence electrons. The Morgan fingerprint density at radius 2 is 1.81 bits per heavy atom. The fraction of sp³-hybridized carbons (Fsp3) is 0.467. The molecule has 0 saturated heterocycles. The van der Waals surface area contributed by atoms with Crippen LogP contribution in [0.1, 0.15) is 36.7 Å². The number of hydrogen-bond acceptors (Lipinski definition) is 3. The van der Waals surface area contributed by atoms with Crippen molar-refractivity contribution in [2.75, 3.05) is 12.4 Å².